The monoisotopic (exact) mass is 1860 g/mol. The smallest absolute Gasteiger partial charge is 0.319 e. The number of likely N-dealkylation sites (tertiary alicyclic amines) is 1. The highest BCUT2D eigenvalue weighted by Crippen LogP contribution is 2.38. The maximum Gasteiger partial charge on any atom is 0.319 e. The maximum absolute atomic E-state index is 13.3. The number of benzene rings is 8. The lowest BCUT2D eigenvalue weighted by Gasteiger charge is -2.16. The average molecular weight is 1860 g/mol. The fourth-order valence-corrected chi connectivity index (χ4v) is 14.1. The number of aromatic amines is 6. The lowest BCUT2D eigenvalue weighted by molar-refractivity contribution is -0.132. The first-order chi connectivity index (χ1) is 68.1. The summed E-state index contributed by atoms with van der Waals surface area (Å²) < 4.78 is 56.4. The highest BCUT2D eigenvalue weighted by molar-refractivity contribution is 5.81. The fraction of sp³-hybridized carbons (Fsp3) is 0.124. The lowest BCUT2D eigenvalue weighted by Crippen LogP contribution is -2.32. The Kier molecular flexibility index (Phi) is 32.1. The van der Waals surface area contributed by atoms with Crippen molar-refractivity contribution >= 4 is 17.5 Å². The molecule has 12 heterocycles. The molecule has 8 aromatic carbocycles. The number of methoxy groups -OCH3 is 5. The van der Waals surface area contributed by atoms with Crippen LogP contribution in [0.3, 0.4) is 0 Å². The van der Waals surface area contributed by atoms with Crippen LogP contribution < -0.4 is 43.6 Å². The van der Waals surface area contributed by atoms with Gasteiger partial charge in [-0.05, 0) is 158 Å². The van der Waals surface area contributed by atoms with E-state index in [2.05, 4.69) is 114 Å². The Hall–Kier alpha value is -18.8. The molecule has 8 N–H and O–H groups in total. The summed E-state index contributed by atoms with van der Waals surface area (Å²) in [6, 6.07) is 89.5. The van der Waals surface area contributed by atoms with Crippen LogP contribution in [-0.4, -0.2) is 194 Å². The van der Waals surface area contributed by atoms with Crippen LogP contribution in [-0.2, 0) is 9.59 Å². The van der Waals surface area contributed by atoms with E-state index >= 15 is 0 Å². The molecule has 139 heavy (non-hydrogen) atoms. The number of amides is 2. The van der Waals surface area contributed by atoms with Crippen molar-refractivity contribution in [2.45, 2.75) is 12.8 Å². The number of ether oxygens (including phenoxy) is 8. The van der Waals surface area contributed by atoms with Gasteiger partial charge in [0, 0.05) is 138 Å². The van der Waals surface area contributed by atoms with E-state index in [9.17, 15) is 14.0 Å². The summed E-state index contributed by atoms with van der Waals surface area (Å²) in [5, 5.41) is 52.9. The van der Waals surface area contributed by atoms with E-state index in [1.165, 1.54) is 38.4 Å². The number of likely N-dealkylation sites (N-methyl/N-ethyl adjacent to an activating group) is 1. The van der Waals surface area contributed by atoms with Crippen LogP contribution in [0.4, 0.5) is 10.1 Å². The van der Waals surface area contributed by atoms with Crippen LogP contribution in [0.15, 0.2) is 322 Å². The predicted octanol–water partition coefficient (Wildman–Crippen LogP) is 19.1. The molecule has 0 spiro atoms. The predicted molar refractivity (Wildman–Crippen MR) is 525 cm³/mol. The van der Waals surface area contributed by atoms with Crippen molar-refractivity contribution in [3.05, 3.63) is 334 Å². The van der Waals surface area contributed by atoms with Crippen LogP contribution in [0.5, 0.6) is 52.7 Å². The number of para-hydroxylation sites is 2. The summed E-state index contributed by atoms with van der Waals surface area (Å²) in [6.07, 6.45) is 14.0. The highest BCUT2D eigenvalue weighted by Gasteiger charge is 2.23. The number of nitrogens with zero attached hydrogens (tertiary/aromatic N) is 16. The summed E-state index contributed by atoms with van der Waals surface area (Å²) in [5.74, 6) is 3.71. The first-order valence-corrected chi connectivity index (χ1v) is 43.5. The molecule has 0 saturated carbocycles. The molecule has 0 radical (unpaired) electrons. The van der Waals surface area contributed by atoms with Crippen molar-refractivity contribution in [3.8, 4) is 194 Å². The normalized spacial score (nSPS) is 11.0. The molecular weight excluding hydrogens is 1760 g/mol. The number of hydrogen-bond acceptors (Lipinski definition) is 25. The van der Waals surface area contributed by atoms with E-state index in [-0.39, 0.29) is 42.9 Å². The number of carbonyl (C=O) groups excluding carboxylic acids is 2. The van der Waals surface area contributed by atoms with E-state index in [0.29, 0.717) is 68.5 Å². The number of carbonyl (C=O) groups is 2. The first-order valence-electron chi connectivity index (χ1n) is 43.5. The van der Waals surface area contributed by atoms with E-state index in [4.69, 9.17) is 48.9 Å². The minimum atomic E-state index is -0.313. The largest absolute Gasteiger partial charge is 0.496 e. The number of halogens is 1. The first kappa shape index (κ1) is 94.8. The zero-order valence-electron chi connectivity index (χ0n) is 76.5. The van der Waals surface area contributed by atoms with Crippen molar-refractivity contribution in [1.29, 1.82) is 5.26 Å². The molecule has 19 aromatic rings. The molecule has 1 aliphatic rings. The number of H-pyrrole nitrogens is 6. The van der Waals surface area contributed by atoms with Gasteiger partial charge in [0.15, 0.2) is 13.2 Å². The molecular formula is C105H94FN23O10. The number of rotatable bonds is 25. The number of nitrogen functional groups attached to an aromatic ring is 1. The van der Waals surface area contributed by atoms with Gasteiger partial charge in [0.2, 0.25) is 17.6 Å². The minimum Gasteiger partial charge on any atom is -0.496 e. The second-order valence-electron chi connectivity index (χ2n) is 30.7. The minimum absolute atomic E-state index is 0.0272. The van der Waals surface area contributed by atoms with Gasteiger partial charge in [-0.3, -0.25) is 50.1 Å². The quantitative estimate of drug-likeness (QED) is 0.0261. The Bertz CT molecular complexity index is 7260. The Morgan fingerprint density at radius 3 is 1.32 bits per heavy atom. The Labute approximate surface area is 798 Å². The molecule has 20 rings (SSSR count). The number of anilines is 1. The second-order valence-corrected chi connectivity index (χ2v) is 30.7. The third-order valence-electron chi connectivity index (χ3n) is 21.3. The molecule has 34 heteroatoms. The van der Waals surface area contributed by atoms with Gasteiger partial charge in [-0.25, -0.2) is 19.3 Å². The van der Waals surface area contributed by atoms with Gasteiger partial charge in [0.25, 0.3) is 11.8 Å². The molecule has 0 atom stereocenters. The summed E-state index contributed by atoms with van der Waals surface area (Å²) in [7, 11) is 11.1. The third-order valence-corrected chi connectivity index (χ3v) is 21.3. The molecule has 1 aliphatic heterocycles. The number of nitrogens with two attached hydrogens (primary N) is 1. The molecule has 1 saturated heterocycles. The summed E-state index contributed by atoms with van der Waals surface area (Å²) >= 11 is 0. The van der Waals surface area contributed by atoms with Crippen molar-refractivity contribution in [3.63, 3.8) is 0 Å². The van der Waals surface area contributed by atoms with Crippen LogP contribution in [0, 0.1) is 17.1 Å². The van der Waals surface area contributed by atoms with Crippen LogP contribution in [0.25, 0.3) is 135 Å². The van der Waals surface area contributed by atoms with Gasteiger partial charge in [0.1, 0.15) is 28.8 Å². The van der Waals surface area contributed by atoms with Gasteiger partial charge < -0.3 is 53.4 Å². The van der Waals surface area contributed by atoms with Crippen molar-refractivity contribution in [1.82, 2.24) is 106 Å². The van der Waals surface area contributed by atoms with Crippen molar-refractivity contribution in [2.75, 3.05) is 81.7 Å². The Morgan fingerprint density at radius 2 is 0.835 bits per heavy atom. The zero-order valence-corrected chi connectivity index (χ0v) is 76.5. The van der Waals surface area contributed by atoms with Crippen LogP contribution >= 0.6 is 0 Å². The van der Waals surface area contributed by atoms with Gasteiger partial charge >= 0.3 is 12.0 Å². The van der Waals surface area contributed by atoms with E-state index in [1.54, 1.807) is 108 Å². The van der Waals surface area contributed by atoms with Gasteiger partial charge in [0.05, 0.1) is 127 Å². The van der Waals surface area contributed by atoms with Gasteiger partial charge in [-0.2, -0.15) is 45.8 Å². The SMILES string of the molecule is CN(C)C(=O)COc1ccccc1-c1cc(-c2ccc(C#N)cc2)n[nH]1.COc1cc(N)ccc1-c1cc(-c2ccccc2)n[nH]1.COc1ncc(-c2cc(-c3cccc(F)c3)n[nH]2)c(OC)n1.COc1ncc(-c2cc(-c3cccnc3)n[nH]2)c(OC)n1.O=C(COc1ccccc1-c1cc(-c2cccnc2)n[nH]1)N1CCCC1.c1ccc(-c2cc(-c3cccc(Oc4ccccn4)c3)n[nH]2)cc1. The zero-order chi connectivity index (χ0) is 96.6. The standard InChI is InChI=1S/C20H20N4O2.C20H18N4O2.C20H15N3O.C16H15N3O.C15H13FN4O2.C14H13N5O2/c25-20(24-10-3-4-11-24)14-26-19-8-2-1-7-16(19)18-12-17(22-23-18)15-6-5-9-21-13-15;1-24(2)20(25)13-26-19-6-4-3-5-16(19)18-11-17(22-23-18)15-9-7-14(12-21)8-10-15;1-2-7-15(8-3-1)18-14-19(23-22-18)16-9-6-10-17(13-16)24-20-11-4-5-12-21-20;1-20-16-9-12(17)7-8-13(16)15-10-14(18-19-15)11-5-3-2-4-6-11;1-21-14-11(8-17-15(18-14)22-2)13-7-12(19-20-13)9-4-3-5-10(16)6-9;1-20-13-10(8-16-14(17-13)21-2)12-6-11(18-19-12)9-4-3-5-15-7-9/h1-2,5-9,12-13H,3-4,10-11,14H2,(H,22,23);3-11H,13H2,1-2H3,(H,22,23);1-14H,(H,22,23);2-10H,17H2,1H3,(H,18,19);3-8H,1-2H3,(H,19,20);3-8H,1-2H3,(H,18,19). The van der Waals surface area contributed by atoms with Gasteiger partial charge in [-0.1, -0.05) is 127 Å². The topological polar surface area (TPSA) is 427 Å². The molecule has 696 valence electrons. The number of hydrogen-bond donors (Lipinski definition) is 7. The van der Waals surface area contributed by atoms with E-state index < -0.39 is 0 Å². The summed E-state index contributed by atoms with van der Waals surface area (Å²) in [6.45, 7) is 1.69. The van der Waals surface area contributed by atoms with Gasteiger partial charge in [-0.15, -0.1) is 0 Å². The summed E-state index contributed by atoms with van der Waals surface area (Å²) in [4.78, 5) is 56.1. The van der Waals surface area contributed by atoms with E-state index in [1.807, 2.05) is 223 Å². The molecule has 0 unspecified atom stereocenters. The molecule has 11 aromatic heterocycles. The fourth-order valence-electron chi connectivity index (χ4n) is 14.1. The molecule has 33 nitrogen and oxygen atoms in total. The van der Waals surface area contributed by atoms with Crippen molar-refractivity contribution in [2.24, 2.45) is 0 Å². The highest BCUT2D eigenvalue weighted by atomic mass is 19.1. The average Bonchev–Trinajstić information content (AvgIpc) is 1.87. The summed E-state index contributed by atoms with van der Waals surface area (Å²) in [5.41, 5.74) is 27.4. The number of aromatic nitrogens is 19. The second kappa shape index (κ2) is 47.0. The number of nitriles is 1. The number of nitrogens with one attached hydrogen (secondary N) is 6. The maximum atomic E-state index is 13.3. The molecule has 1 fully saturated rings. The Balaban J connectivity index is 0.000000127. The third kappa shape index (κ3) is 25.1. The van der Waals surface area contributed by atoms with Crippen molar-refractivity contribution < 1.29 is 51.9 Å². The Morgan fingerprint density at radius 1 is 0.396 bits per heavy atom. The van der Waals surface area contributed by atoms with Crippen LogP contribution in [0.2, 0.25) is 0 Å². The molecule has 0 bridgehead atoms. The van der Waals surface area contributed by atoms with E-state index in [0.717, 1.165) is 144 Å². The molecule has 2 amide bonds. The lowest BCUT2D eigenvalue weighted by atomic mass is 10.1. The number of pyridine rings is 3. The molecule has 0 aliphatic carbocycles. The van der Waals surface area contributed by atoms with Crippen LogP contribution in [0.1, 0.15) is 18.4 Å².